The molecule has 1 aromatic heterocycles. The van der Waals surface area contributed by atoms with Crippen molar-refractivity contribution in [1.82, 2.24) is 4.98 Å². The van der Waals surface area contributed by atoms with Crippen molar-refractivity contribution in [2.24, 2.45) is 0 Å². The van der Waals surface area contributed by atoms with Gasteiger partial charge in [-0.15, -0.1) is 0 Å². The van der Waals surface area contributed by atoms with Crippen molar-refractivity contribution in [1.29, 1.82) is 0 Å². The Morgan fingerprint density at radius 2 is 1.95 bits per heavy atom. The van der Waals surface area contributed by atoms with E-state index in [1.165, 1.54) is 0 Å². The summed E-state index contributed by atoms with van der Waals surface area (Å²) in [5, 5.41) is 0. The van der Waals surface area contributed by atoms with Crippen LogP contribution in [0.3, 0.4) is 0 Å². The van der Waals surface area contributed by atoms with Crippen LogP contribution in [0.4, 0.5) is 0 Å². The summed E-state index contributed by atoms with van der Waals surface area (Å²) in [6, 6.07) is 10.9. The fourth-order valence-corrected chi connectivity index (χ4v) is 2.11. The van der Waals surface area contributed by atoms with Crippen LogP contribution in [0.25, 0.3) is 0 Å². The smallest absolute Gasteiger partial charge is 0.168 e. The first-order valence-corrected chi connectivity index (χ1v) is 6.66. The molecule has 0 amide bonds. The molecule has 0 unspecified atom stereocenters. The molecule has 0 N–H and O–H groups in total. The normalized spacial score (nSPS) is 13.6. The van der Waals surface area contributed by atoms with Crippen molar-refractivity contribution in [3.63, 3.8) is 0 Å². The molecule has 0 fully saturated rings. The Morgan fingerprint density at radius 1 is 1.10 bits per heavy atom. The summed E-state index contributed by atoms with van der Waals surface area (Å²) in [5.74, 6) is 1.38. The van der Waals surface area contributed by atoms with Gasteiger partial charge in [-0.2, -0.15) is 0 Å². The van der Waals surface area contributed by atoms with Gasteiger partial charge in [0, 0.05) is 23.9 Å². The zero-order chi connectivity index (χ0) is 13.8. The molecule has 4 heteroatoms. The van der Waals surface area contributed by atoms with Crippen LogP contribution in [0.15, 0.2) is 42.6 Å². The van der Waals surface area contributed by atoms with E-state index in [1.54, 1.807) is 24.4 Å². The molecule has 0 spiro atoms. The van der Waals surface area contributed by atoms with Crippen LogP contribution in [-0.2, 0) is 6.42 Å². The first kappa shape index (κ1) is 12.7. The molecule has 1 aliphatic rings. The van der Waals surface area contributed by atoms with E-state index >= 15 is 0 Å². The molecule has 1 aromatic carbocycles. The molecule has 3 rings (SSSR count). The van der Waals surface area contributed by atoms with Gasteiger partial charge in [0.05, 0.1) is 19.6 Å². The molecule has 102 valence electrons. The van der Waals surface area contributed by atoms with Crippen molar-refractivity contribution in [3.8, 4) is 11.5 Å². The van der Waals surface area contributed by atoms with Gasteiger partial charge in [0.25, 0.3) is 0 Å². The third kappa shape index (κ3) is 2.79. The number of ketones is 1. The van der Waals surface area contributed by atoms with Crippen LogP contribution in [0.2, 0.25) is 0 Å². The summed E-state index contributed by atoms with van der Waals surface area (Å²) in [7, 11) is 0. The zero-order valence-electron chi connectivity index (χ0n) is 11.0. The Balaban J connectivity index is 1.80. The largest absolute Gasteiger partial charge is 0.490 e. The summed E-state index contributed by atoms with van der Waals surface area (Å²) in [4.78, 5) is 16.4. The van der Waals surface area contributed by atoms with Crippen LogP contribution in [0, 0.1) is 0 Å². The van der Waals surface area contributed by atoms with Crippen LogP contribution in [0.1, 0.15) is 22.5 Å². The average Bonchev–Trinajstić information content (AvgIpc) is 2.72. The van der Waals surface area contributed by atoms with Crippen LogP contribution >= 0.6 is 0 Å². The molecule has 0 atom stereocenters. The summed E-state index contributed by atoms with van der Waals surface area (Å²) in [6.07, 6.45) is 2.84. The number of benzene rings is 1. The van der Waals surface area contributed by atoms with Crippen molar-refractivity contribution in [2.45, 2.75) is 12.8 Å². The van der Waals surface area contributed by atoms with E-state index in [1.807, 2.05) is 18.2 Å². The molecule has 0 bridgehead atoms. The highest BCUT2D eigenvalue weighted by molar-refractivity contribution is 5.97. The second kappa shape index (κ2) is 5.74. The number of fused-ring (bicyclic) bond motifs is 1. The van der Waals surface area contributed by atoms with Crippen LogP contribution in [0.5, 0.6) is 11.5 Å². The van der Waals surface area contributed by atoms with E-state index in [-0.39, 0.29) is 5.78 Å². The number of nitrogens with zero attached hydrogens (tertiary/aromatic N) is 1. The lowest BCUT2D eigenvalue weighted by atomic mass is 10.1. The average molecular weight is 269 g/mol. The van der Waals surface area contributed by atoms with Gasteiger partial charge in [0.15, 0.2) is 17.3 Å². The lowest BCUT2D eigenvalue weighted by Gasteiger charge is -2.08. The van der Waals surface area contributed by atoms with E-state index in [9.17, 15) is 4.79 Å². The molecule has 2 aromatic rings. The lowest BCUT2D eigenvalue weighted by Crippen LogP contribution is -2.05. The summed E-state index contributed by atoms with van der Waals surface area (Å²) < 4.78 is 11.1. The molecular weight excluding hydrogens is 254 g/mol. The topological polar surface area (TPSA) is 48.4 Å². The lowest BCUT2D eigenvalue weighted by molar-refractivity contribution is 0.0991. The maximum absolute atomic E-state index is 12.2. The van der Waals surface area contributed by atoms with E-state index in [4.69, 9.17) is 9.47 Å². The van der Waals surface area contributed by atoms with Gasteiger partial charge in [-0.3, -0.25) is 9.78 Å². The van der Waals surface area contributed by atoms with E-state index in [2.05, 4.69) is 4.98 Å². The summed E-state index contributed by atoms with van der Waals surface area (Å²) >= 11 is 0. The minimum atomic E-state index is 0.0272. The standard InChI is InChI=1S/C16H15NO3/c18-14(11-13-4-1-2-7-17-13)12-5-6-15-16(10-12)20-9-3-8-19-15/h1-2,4-7,10H,3,8-9,11H2. The third-order valence-corrected chi connectivity index (χ3v) is 3.14. The molecule has 0 saturated heterocycles. The van der Waals surface area contributed by atoms with Gasteiger partial charge in [-0.1, -0.05) is 6.07 Å². The van der Waals surface area contributed by atoms with Crippen LogP contribution < -0.4 is 9.47 Å². The highest BCUT2D eigenvalue weighted by atomic mass is 16.5. The van der Waals surface area contributed by atoms with Gasteiger partial charge < -0.3 is 9.47 Å². The van der Waals surface area contributed by atoms with Crippen molar-refractivity contribution in [2.75, 3.05) is 13.2 Å². The van der Waals surface area contributed by atoms with Gasteiger partial charge in [0.2, 0.25) is 0 Å². The summed E-state index contributed by atoms with van der Waals surface area (Å²) in [5.41, 5.74) is 1.39. The molecule has 2 heterocycles. The molecule has 0 aliphatic carbocycles. The molecule has 0 radical (unpaired) electrons. The second-order valence-electron chi connectivity index (χ2n) is 4.63. The Labute approximate surface area is 117 Å². The zero-order valence-corrected chi connectivity index (χ0v) is 11.0. The number of rotatable bonds is 3. The number of Topliss-reactive ketones (excluding diaryl/α,β-unsaturated/α-hetero) is 1. The van der Waals surface area contributed by atoms with E-state index in [0.717, 1.165) is 12.1 Å². The third-order valence-electron chi connectivity index (χ3n) is 3.14. The Morgan fingerprint density at radius 3 is 2.75 bits per heavy atom. The van der Waals surface area contributed by atoms with Crippen molar-refractivity contribution >= 4 is 5.78 Å². The molecule has 4 nitrogen and oxygen atoms in total. The monoisotopic (exact) mass is 269 g/mol. The number of pyridine rings is 1. The maximum atomic E-state index is 12.2. The molecular formula is C16H15NO3. The van der Waals surface area contributed by atoms with Gasteiger partial charge in [-0.25, -0.2) is 0 Å². The first-order chi connectivity index (χ1) is 9.83. The Hall–Kier alpha value is -2.36. The highest BCUT2D eigenvalue weighted by Crippen LogP contribution is 2.30. The SMILES string of the molecule is O=C(Cc1ccccn1)c1ccc2c(c1)OCCCO2. The molecule has 20 heavy (non-hydrogen) atoms. The van der Waals surface area contributed by atoms with Gasteiger partial charge >= 0.3 is 0 Å². The Kier molecular flexibility index (Phi) is 3.63. The fraction of sp³-hybridized carbons (Fsp3) is 0.250. The number of aromatic nitrogens is 1. The predicted octanol–water partition coefficient (Wildman–Crippen LogP) is 2.67. The number of hydrogen-bond donors (Lipinski definition) is 0. The minimum absolute atomic E-state index is 0.0272. The fourth-order valence-electron chi connectivity index (χ4n) is 2.11. The van der Waals surface area contributed by atoms with Gasteiger partial charge in [-0.05, 0) is 30.3 Å². The van der Waals surface area contributed by atoms with E-state index < -0.39 is 0 Å². The summed E-state index contributed by atoms with van der Waals surface area (Å²) in [6.45, 7) is 1.26. The minimum Gasteiger partial charge on any atom is -0.490 e. The van der Waals surface area contributed by atoms with Crippen LogP contribution in [-0.4, -0.2) is 24.0 Å². The maximum Gasteiger partial charge on any atom is 0.168 e. The van der Waals surface area contributed by atoms with Gasteiger partial charge in [0.1, 0.15) is 0 Å². The number of hydrogen-bond acceptors (Lipinski definition) is 4. The van der Waals surface area contributed by atoms with Crippen molar-refractivity contribution in [3.05, 3.63) is 53.9 Å². The highest BCUT2D eigenvalue weighted by Gasteiger charge is 2.14. The van der Waals surface area contributed by atoms with E-state index in [0.29, 0.717) is 36.7 Å². The predicted molar refractivity (Wildman–Crippen MR) is 74.3 cm³/mol. The van der Waals surface area contributed by atoms with Crippen molar-refractivity contribution < 1.29 is 14.3 Å². The molecule has 1 aliphatic heterocycles. The second-order valence-corrected chi connectivity index (χ2v) is 4.63. The Bertz CT molecular complexity index is 610. The molecule has 0 saturated carbocycles. The number of ether oxygens (including phenoxy) is 2. The first-order valence-electron chi connectivity index (χ1n) is 6.66. The quantitative estimate of drug-likeness (QED) is 0.804. The number of carbonyl (C=O) groups is 1. The number of carbonyl (C=O) groups excluding carboxylic acids is 1.